The van der Waals surface area contributed by atoms with E-state index >= 15 is 0 Å². The molecular weight excluding hydrogens is 292 g/mol. The maximum atomic E-state index is 12.1. The second kappa shape index (κ2) is 6.43. The molecule has 2 aromatic rings. The number of hydrogen-bond acceptors (Lipinski definition) is 4. The number of morpholine rings is 1. The topological polar surface area (TPSA) is 70.2 Å². The Kier molecular flexibility index (Phi) is 4.38. The van der Waals surface area contributed by atoms with E-state index in [1.165, 1.54) is 0 Å². The van der Waals surface area contributed by atoms with Crippen LogP contribution in [0.15, 0.2) is 18.2 Å². The van der Waals surface area contributed by atoms with Crippen molar-refractivity contribution in [3.8, 4) is 0 Å². The molecule has 1 aliphatic heterocycles. The smallest absolute Gasteiger partial charge is 0.251 e. The highest BCUT2D eigenvalue weighted by Gasteiger charge is 2.11. The van der Waals surface area contributed by atoms with Crippen LogP contribution in [0.3, 0.4) is 0 Å². The van der Waals surface area contributed by atoms with Gasteiger partial charge in [0.2, 0.25) is 5.28 Å². The predicted octanol–water partition coefficient (Wildman–Crippen LogP) is 1.28. The highest BCUT2D eigenvalue weighted by atomic mass is 35.5. The fourth-order valence-corrected chi connectivity index (χ4v) is 2.57. The zero-order valence-electron chi connectivity index (χ0n) is 11.6. The summed E-state index contributed by atoms with van der Waals surface area (Å²) in [6.45, 7) is 4.85. The lowest BCUT2D eigenvalue weighted by molar-refractivity contribution is 0.0383. The summed E-state index contributed by atoms with van der Waals surface area (Å²) < 4.78 is 5.29. The number of amides is 1. The number of H-pyrrole nitrogens is 1. The molecule has 1 amide bonds. The second-order valence-corrected chi connectivity index (χ2v) is 5.33. The first-order valence-corrected chi connectivity index (χ1v) is 7.34. The van der Waals surface area contributed by atoms with Gasteiger partial charge in [0.25, 0.3) is 5.91 Å². The predicted molar refractivity (Wildman–Crippen MR) is 80.7 cm³/mol. The molecule has 0 radical (unpaired) electrons. The van der Waals surface area contributed by atoms with Gasteiger partial charge in [-0.05, 0) is 29.8 Å². The van der Waals surface area contributed by atoms with Gasteiger partial charge in [-0.1, -0.05) is 0 Å². The first-order valence-electron chi connectivity index (χ1n) is 6.96. The Labute approximate surface area is 127 Å². The molecule has 0 spiro atoms. The normalized spacial score (nSPS) is 16.2. The van der Waals surface area contributed by atoms with E-state index in [4.69, 9.17) is 16.3 Å². The van der Waals surface area contributed by atoms with Gasteiger partial charge in [-0.3, -0.25) is 9.69 Å². The highest BCUT2D eigenvalue weighted by molar-refractivity contribution is 6.29. The van der Waals surface area contributed by atoms with Crippen molar-refractivity contribution in [3.05, 3.63) is 29.0 Å². The Morgan fingerprint density at radius 1 is 1.43 bits per heavy atom. The van der Waals surface area contributed by atoms with E-state index < -0.39 is 0 Å². The number of ether oxygens (including phenoxy) is 1. The van der Waals surface area contributed by atoms with Gasteiger partial charge in [-0.25, -0.2) is 4.98 Å². The van der Waals surface area contributed by atoms with Gasteiger partial charge in [0, 0.05) is 31.7 Å². The summed E-state index contributed by atoms with van der Waals surface area (Å²) in [5, 5.41) is 3.26. The quantitative estimate of drug-likeness (QED) is 0.892. The molecule has 1 aliphatic rings. The number of halogens is 1. The molecule has 1 aromatic carbocycles. The SMILES string of the molecule is O=C(NCCN1CCOCC1)c1ccc2nc(Cl)[nH]c2c1. The van der Waals surface area contributed by atoms with Crippen molar-refractivity contribution in [2.75, 3.05) is 39.4 Å². The third-order valence-corrected chi connectivity index (χ3v) is 3.71. The van der Waals surface area contributed by atoms with Gasteiger partial charge in [-0.15, -0.1) is 0 Å². The van der Waals surface area contributed by atoms with Crippen molar-refractivity contribution in [2.24, 2.45) is 0 Å². The van der Waals surface area contributed by atoms with Crippen LogP contribution < -0.4 is 5.32 Å². The minimum atomic E-state index is -0.0871. The van der Waals surface area contributed by atoms with E-state index in [0.717, 1.165) is 43.9 Å². The van der Waals surface area contributed by atoms with Crippen molar-refractivity contribution in [1.29, 1.82) is 0 Å². The van der Waals surface area contributed by atoms with Crippen LogP contribution in [0.25, 0.3) is 11.0 Å². The minimum absolute atomic E-state index is 0.0871. The Balaban J connectivity index is 1.55. The molecule has 112 valence electrons. The van der Waals surface area contributed by atoms with E-state index in [1.54, 1.807) is 18.2 Å². The Bertz CT molecular complexity index is 637. The van der Waals surface area contributed by atoms with Gasteiger partial charge >= 0.3 is 0 Å². The summed E-state index contributed by atoms with van der Waals surface area (Å²) in [6.07, 6.45) is 0. The van der Waals surface area contributed by atoms with Crippen molar-refractivity contribution < 1.29 is 9.53 Å². The molecule has 0 unspecified atom stereocenters. The van der Waals surface area contributed by atoms with Gasteiger partial charge in [-0.2, -0.15) is 0 Å². The van der Waals surface area contributed by atoms with E-state index in [2.05, 4.69) is 20.2 Å². The number of nitrogens with zero attached hydrogens (tertiary/aromatic N) is 2. The maximum Gasteiger partial charge on any atom is 0.251 e. The van der Waals surface area contributed by atoms with E-state index in [1.807, 2.05) is 0 Å². The molecule has 2 heterocycles. The Morgan fingerprint density at radius 2 is 2.24 bits per heavy atom. The monoisotopic (exact) mass is 308 g/mol. The van der Waals surface area contributed by atoms with Crippen molar-refractivity contribution >= 4 is 28.5 Å². The van der Waals surface area contributed by atoms with Gasteiger partial charge < -0.3 is 15.0 Å². The largest absolute Gasteiger partial charge is 0.379 e. The van der Waals surface area contributed by atoms with Gasteiger partial charge in [0.1, 0.15) is 0 Å². The summed E-state index contributed by atoms with van der Waals surface area (Å²) >= 11 is 5.80. The Morgan fingerprint density at radius 3 is 3.05 bits per heavy atom. The molecule has 2 N–H and O–H groups in total. The number of benzene rings is 1. The lowest BCUT2D eigenvalue weighted by Crippen LogP contribution is -2.41. The molecule has 0 atom stereocenters. The first kappa shape index (κ1) is 14.3. The molecule has 0 aliphatic carbocycles. The summed E-state index contributed by atoms with van der Waals surface area (Å²) in [5.74, 6) is -0.0871. The number of aromatic nitrogens is 2. The standard InChI is InChI=1S/C14H17ClN4O2/c15-14-17-11-2-1-10(9-12(11)18-14)13(20)16-3-4-19-5-7-21-8-6-19/h1-2,9H,3-8H2,(H,16,20)(H,17,18). The zero-order valence-corrected chi connectivity index (χ0v) is 12.3. The fraction of sp³-hybridized carbons (Fsp3) is 0.429. The molecule has 1 fully saturated rings. The van der Waals surface area contributed by atoms with Crippen LogP contribution in [0.5, 0.6) is 0 Å². The molecule has 6 nitrogen and oxygen atoms in total. The van der Waals surface area contributed by atoms with Crippen LogP contribution >= 0.6 is 11.6 Å². The molecule has 3 rings (SSSR count). The first-order chi connectivity index (χ1) is 10.2. The molecule has 1 aromatic heterocycles. The third-order valence-electron chi connectivity index (χ3n) is 3.53. The number of imidazole rings is 1. The fourth-order valence-electron chi connectivity index (χ4n) is 2.37. The molecule has 0 bridgehead atoms. The number of carbonyl (C=O) groups is 1. The van der Waals surface area contributed by atoms with Crippen molar-refractivity contribution in [3.63, 3.8) is 0 Å². The summed E-state index contributed by atoms with van der Waals surface area (Å²) in [7, 11) is 0. The number of carbonyl (C=O) groups excluding carboxylic acids is 1. The van der Waals surface area contributed by atoms with Crippen LogP contribution in [-0.2, 0) is 4.74 Å². The minimum Gasteiger partial charge on any atom is -0.379 e. The second-order valence-electron chi connectivity index (χ2n) is 4.97. The summed E-state index contributed by atoms with van der Waals surface area (Å²) in [5.41, 5.74) is 2.12. The number of rotatable bonds is 4. The molecule has 21 heavy (non-hydrogen) atoms. The summed E-state index contributed by atoms with van der Waals surface area (Å²) in [6, 6.07) is 5.30. The lowest BCUT2D eigenvalue weighted by atomic mass is 10.2. The number of hydrogen-bond donors (Lipinski definition) is 2. The average Bonchev–Trinajstić information content (AvgIpc) is 2.87. The lowest BCUT2D eigenvalue weighted by Gasteiger charge is -2.26. The van der Waals surface area contributed by atoms with Gasteiger partial charge in [0.05, 0.1) is 24.2 Å². The van der Waals surface area contributed by atoms with Crippen LogP contribution in [0.4, 0.5) is 0 Å². The zero-order chi connectivity index (χ0) is 14.7. The molecular formula is C14H17ClN4O2. The number of nitrogens with one attached hydrogen (secondary N) is 2. The number of aromatic amines is 1. The maximum absolute atomic E-state index is 12.1. The van der Waals surface area contributed by atoms with Crippen molar-refractivity contribution in [1.82, 2.24) is 20.2 Å². The highest BCUT2D eigenvalue weighted by Crippen LogP contribution is 2.16. The summed E-state index contributed by atoms with van der Waals surface area (Å²) in [4.78, 5) is 21.4. The number of fused-ring (bicyclic) bond motifs is 1. The molecule has 7 heteroatoms. The van der Waals surface area contributed by atoms with Crippen molar-refractivity contribution in [2.45, 2.75) is 0 Å². The van der Waals surface area contributed by atoms with E-state index in [0.29, 0.717) is 17.4 Å². The molecule has 0 saturated carbocycles. The Hall–Kier alpha value is -1.63. The average molecular weight is 309 g/mol. The van der Waals surface area contributed by atoms with Crippen LogP contribution in [0.2, 0.25) is 5.28 Å². The van der Waals surface area contributed by atoms with E-state index in [-0.39, 0.29) is 5.91 Å². The van der Waals surface area contributed by atoms with E-state index in [9.17, 15) is 4.79 Å². The van der Waals surface area contributed by atoms with Crippen LogP contribution in [0, 0.1) is 0 Å². The van der Waals surface area contributed by atoms with Crippen LogP contribution in [0.1, 0.15) is 10.4 Å². The third kappa shape index (κ3) is 3.53. The van der Waals surface area contributed by atoms with Crippen LogP contribution in [-0.4, -0.2) is 60.2 Å². The van der Waals surface area contributed by atoms with Gasteiger partial charge in [0.15, 0.2) is 0 Å². The molecule has 1 saturated heterocycles.